The van der Waals surface area contributed by atoms with Crippen LogP contribution in [0.25, 0.3) is 10.8 Å². The second kappa shape index (κ2) is 2.88. The van der Waals surface area contributed by atoms with Crippen LogP contribution in [0.15, 0.2) is 29.3 Å². The average Bonchev–Trinajstić information content (AvgIpc) is 2.25. The molecule has 0 radical (unpaired) electrons. The zero-order chi connectivity index (χ0) is 11.3. The van der Waals surface area contributed by atoms with E-state index in [0.717, 1.165) is 28.0 Å². The van der Waals surface area contributed by atoms with Crippen LogP contribution in [-0.4, -0.2) is 5.84 Å². The highest BCUT2D eigenvalue weighted by atomic mass is 15.0. The highest BCUT2D eigenvalue weighted by molar-refractivity contribution is 6.18. The third-order valence-corrected chi connectivity index (χ3v) is 2.81. The Labute approximate surface area is 93.0 Å². The van der Waals surface area contributed by atoms with Crippen molar-refractivity contribution >= 4 is 39.4 Å². The Hall–Kier alpha value is -2.23. The van der Waals surface area contributed by atoms with Crippen molar-refractivity contribution in [2.24, 2.45) is 4.99 Å². The van der Waals surface area contributed by atoms with Crippen molar-refractivity contribution in [3.8, 4) is 0 Å². The van der Waals surface area contributed by atoms with E-state index in [2.05, 4.69) is 10.3 Å². The summed E-state index contributed by atoms with van der Waals surface area (Å²) in [4.78, 5) is 4.44. The SMILES string of the molecule is CC1=Nc2ccc(N)c3c(N)ccc(c23)N1. The van der Waals surface area contributed by atoms with E-state index in [-0.39, 0.29) is 0 Å². The maximum absolute atomic E-state index is 5.95. The number of amidine groups is 1. The molecule has 4 nitrogen and oxygen atoms in total. The minimum atomic E-state index is 0.689. The lowest BCUT2D eigenvalue weighted by atomic mass is 10.0. The van der Waals surface area contributed by atoms with Crippen LogP contribution in [0.3, 0.4) is 0 Å². The largest absolute Gasteiger partial charge is 0.398 e. The average molecular weight is 212 g/mol. The summed E-state index contributed by atoms with van der Waals surface area (Å²) in [6.45, 7) is 1.93. The van der Waals surface area contributed by atoms with Gasteiger partial charge in [-0.1, -0.05) is 0 Å². The molecule has 2 aromatic rings. The van der Waals surface area contributed by atoms with Crippen LogP contribution >= 0.6 is 0 Å². The highest BCUT2D eigenvalue weighted by Crippen LogP contribution is 2.41. The molecule has 0 saturated heterocycles. The van der Waals surface area contributed by atoms with Crippen molar-refractivity contribution < 1.29 is 0 Å². The number of nitrogens with zero attached hydrogens (tertiary/aromatic N) is 1. The molecule has 0 fully saturated rings. The Kier molecular flexibility index (Phi) is 1.63. The Morgan fingerprint density at radius 3 is 2.44 bits per heavy atom. The number of hydrogen-bond donors (Lipinski definition) is 3. The third-order valence-electron chi connectivity index (χ3n) is 2.81. The first-order chi connectivity index (χ1) is 7.66. The molecule has 1 aliphatic rings. The Morgan fingerprint density at radius 2 is 1.69 bits per heavy atom. The second-order valence-electron chi connectivity index (χ2n) is 3.95. The number of nitrogens with one attached hydrogen (secondary N) is 1. The van der Waals surface area contributed by atoms with E-state index < -0.39 is 0 Å². The lowest BCUT2D eigenvalue weighted by Gasteiger charge is -2.18. The molecule has 0 unspecified atom stereocenters. The van der Waals surface area contributed by atoms with Gasteiger partial charge < -0.3 is 16.8 Å². The van der Waals surface area contributed by atoms with Crippen LogP contribution in [0.2, 0.25) is 0 Å². The molecule has 0 aliphatic carbocycles. The van der Waals surface area contributed by atoms with Crippen molar-refractivity contribution in [3.63, 3.8) is 0 Å². The van der Waals surface area contributed by atoms with Crippen LogP contribution in [0.1, 0.15) is 6.92 Å². The van der Waals surface area contributed by atoms with Crippen molar-refractivity contribution in [1.29, 1.82) is 0 Å². The van der Waals surface area contributed by atoms with Gasteiger partial charge in [0.1, 0.15) is 5.84 Å². The smallest absolute Gasteiger partial charge is 0.103 e. The van der Waals surface area contributed by atoms with Crippen molar-refractivity contribution in [2.45, 2.75) is 6.92 Å². The Balaban J connectivity index is 2.54. The molecule has 2 aromatic carbocycles. The van der Waals surface area contributed by atoms with E-state index in [0.29, 0.717) is 11.4 Å². The molecule has 0 amide bonds. The van der Waals surface area contributed by atoms with Crippen LogP contribution in [0.4, 0.5) is 22.7 Å². The van der Waals surface area contributed by atoms with Gasteiger partial charge in [0.25, 0.3) is 0 Å². The van der Waals surface area contributed by atoms with Crippen LogP contribution in [-0.2, 0) is 0 Å². The quantitative estimate of drug-likeness (QED) is 0.587. The van der Waals surface area contributed by atoms with Crippen molar-refractivity contribution in [1.82, 2.24) is 0 Å². The minimum absolute atomic E-state index is 0.689. The van der Waals surface area contributed by atoms with Crippen LogP contribution in [0, 0.1) is 0 Å². The van der Waals surface area contributed by atoms with Gasteiger partial charge in [-0.05, 0) is 31.2 Å². The molecule has 1 aliphatic heterocycles. The summed E-state index contributed by atoms with van der Waals surface area (Å²) in [5, 5.41) is 5.11. The normalized spacial score (nSPS) is 13.4. The van der Waals surface area contributed by atoms with Crippen molar-refractivity contribution in [3.05, 3.63) is 24.3 Å². The van der Waals surface area contributed by atoms with E-state index in [4.69, 9.17) is 11.5 Å². The molecular formula is C12H12N4. The lowest BCUT2D eigenvalue weighted by molar-refractivity contribution is 1.46. The number of aliphatic imine (C=N–C) groups is 1. The van der Waals surface area contributed by atoms with E-state index >= 15 is 0 Å². The first-order valence-electron chi connectivity index (χ1n) is 5.10. The van der Waals surface area contributed by atoms with Gasteiger partial charge in [-0.2, -0.15) is 0 Å². The maximum Gasteiger partial charge on any atom is 0.103 e. The molecule has 4 heteroatoms. The number of nitrogen functional groups attached to an aromatic ring is 2. The van der Waals surface area contributed by atoms with E-state index in [9.17, 15) is 0 Å². The number of rotatable bonds is 0. The second-order valence-corrected chi connectivity index (χ2v) is 3.95. The zero-order valence-corrected chi connectivity index (χ0v) is 8.91. The maximum atomic E-state index is 5.95. The molecule has 1 heterocycles. The number of benzene rings is 2. The summed E-state index contributed by atoms with van der Waals surface area (Å²) in [5.41, 5.74) is 15.2. The molecule has 0 atom stereocenters. The third kappa shape index (κ3) is 1.07. The number of nitrogens with two attached hydrogens (primary N) is 2. The van der Waals surface area contributed by atoms with E-state index in [1.54, 1.807) is 0 Å². The monoisotopic (exact) mass is 212 g/mol. The fourth-order valence-electron chi connectivity index (χ4n) is 2.13. The number of anilines is 3. The highest BCUT2D eigenvalue weighted by Gasteiger charge is 2.15. The summed E-state index contributed by atoms with van der Waals surface area (Å²) >= 11 is 0. The van der Waals surface area contributed by atoms with Crippen LogP contribution in [0.5, 0.6) is 0 Å². The predicted molar refractivity (Wildman–Crippen MR) is 69.2 cm³/mol. The Bertz CT molecular complexity index is 620. The molecule has 3 rings (SSSR count). The fraction of sp³-hybridized carbons (Fsp3) is 0.0833. The van der Waals surface area contributed by atoms with Gasteiger partial charge in [-0.3, -0.25) is 0 Å². The molecular weight excluding hydrogens is 200 g/mol. The van der Waals surface area contributed by atoms with Gasteiger partial charge in [0.05, 0.1) is 5.69 Å². The number of hydrogen-bond acceptors (Lipinski definition) is 4. The lowest BCUT2D eigenvalue weighted by Crippen LogP contribution is -2.11. The summed E-state index contributed by atoms with van der Waals surface area (Å²) < 4.78 is 0. The molecule has 0 bridgehead atoms. The molecule has 5 N–H and O–H groups in total. The fourth-order valence-corrected chi connectivity index (χ4v) is 2.13. The van der Waals surface area contributed by atoms with Gasteiger partial charge in [-0.15, -0.1) is 0 Å². The summed E-state index contributed by atoms with van der Waals surface area (Å²) in [6, 6.07) is 7.59. The van der Waals surface area contributed by atoms with Gasteiger partial charge >= 0.3 is 0 Å². The minimum Gasteiger partial charge on any atom is -0.398 e. The molecule has 0 spiro atoms. The molecule has 0 aromatic heterocycles. The molecule has 80 valence electrons. The van der Waals surface area contributed by atoms with E-state index in [1.807, 2.05) is 31.2 Å². The summed E-state index contributed by atoms with van der Waals surface area (Å²) in [6.07, 6.45) is 0. The van der Waals surface area contributed by atoms with Crippen molar-refractivity contribution in [2.75, 3.05) is 16.8 Å². The Morgan fingerprint density at radius 1 is 1.00 bits per heavy atom. The van der Waals surface area contributed by atoms with Gasteiger partial charge in [0.15, 0.2) is 0 Å². The predicted octanol–water partition coefficient (Wildman–Crippen LogP) is 2.48. The van der Waals surface area contributed by atoms with E-state index in [1.165, 1.54) is 0 Å². The zero-order valence-electron chi connectivity index (χ0n) is 8.91. The van der Waals surface area contributed by atoms with Gasteiger partial charge in [0, 0.05) is 27.8 Å². The van der Waals surface area contributed by atoms with Gasteiger partial charge in [-0.25, -0.2) is 4.99 Å². The molecule has 0 saturated carbocycles. The first kappa shape index (κ1) is 9.03. The van der Waals surface area contributed by atoms with Crippen LogP contribution < -0.4 is 16.8 Å². The topological polar surface area (TPSA) is 76.4 Å². The summed E-state index contributed by atoms with van der Waals surface area (Å²) in [7, 11) is 0. The molecule has 16 heavy (non-hydrogen) atoms. The van der Waals surface area contributed by atoms with Gasteiger partial charge in [0.2, 0.25) is 0 Å². The standard InChI is InChI=1S/C12H12N4/c1-6-15-9-4-2-7(13)11-8(14)3-5-10(16-6)12(9)11/h2-5H,13-14H2,1H3,(H,15,16). The first-order valence-corrected chi connectivity index (χ1v) is 5.10. The summed E-state index contributed by atoms with van der Waals surface area (Å²) in [5.74, 6) is 0.878.